The lowest BCUT2D eigenvalue weighted by molar-refractivity contribution is 0.126. The van der Waals surface area contributed by atoms with Crippen LogP contribution in [-0.4, -0.2) is 27.2 Å². The molecule has 0 spiro atoms. The van der Waals surface area contributed by atoms with Gasteiger partial charge in [0.2, 0.25) is 0 Å². The fourth-order valence-electron chi connectivity index (χ4n) is 2.44. The Morgan fingerprint density at radius 2 is 2.05 bits per heavy atom. The molecule has 0 aliphatic rings. The number of imidazole rings is 1. The first-order valence-corrected chi connectivity index (χ1v) is 7.64. The highest BCUT2D eigenvalue weighted by Crippen LogP contribution is 2.19. The summed E-state index contributed by atoms with van der Waals surface area (Å²) in [5.74, 6) is 0. The van der Waals surface area contributed by atoms with Gasteiger partial charge < -0.3 is 15.0 Å². The molecule has 0 radical (unpaired) electrons. The van der Waals surface area contributed by atoms with Crippen LogP contribution in [0.3, 0.4) is 0 Å². The normalized spacial score (nSPS) is 14.0. The van der Waals surface area contributed by atoms with E-state index >= 15 is 0 Å². The van der Waals surface area contributed by atoms with Gasteiger partial charge >= 0.3 is 0 Å². The van der Waals surface area contributed by atoms with Gasteiger partial charge in [-0.25, -0.2) is 4.98 Å². The van der Waals surface area contributed by atoms with Crippen molar-refractivity contribution in [1.82, 2.24) is 14.9 Å². The first kappa shape index (κ1) is 15.7. The summed E-state index contributed by atoms with van der Waals surface area (Å²) in [6.07, 6.45) is 7.07. The van der Waals surface area contributed by atoms with Crippen LogP contribution in [0.5, 0.6) is 0 Å². The number of aromatic nitrogens is 2. The molecular formula is C17H25N3O. The Labute approximate surface area is 126 Å². The Hall–Kier alpha value is -1.65. The van der Waals surface area contributed by atoms with Crippen molar-refractivity contribution in [2.45, 2.75) is 45.4 Å². The van der Waals surface area contributed by atoms with Crippen molar-refractivity contribution in [1.29, 1.82) is 0 Å². The maximum absolute atomic E-state index is 10.5. The van der Waals surface area contributed by atoms with Gasteiger partial charge in [0.05, 0.1) is 12.4 Å². The number of aliphatic hydroxyl groups is 1. The third kappa shape index (κ3) is 4.69. The summed E-state index contributed by atoms with van der Waals surface area (Å²) in [4.78, 5) is 4.03. The van der Waals surface area contributed by atoms with Gasteiger partial charge in [0.25, 0.3) is 0 Å². The van der Waals surface area contributed by atoms with Gasteiger partial charge in [-0.2, -0.15) is 0 Å². The minimum atomic E-state index is -0.455. The molecule has 0 saturated carbocycles. The number of hydrogen-bond acceptors (Lipinski definition) is 3. The molecule has 114 valence electrons. The van der Waals surface area contributed by atoms with E-state index in [0.717, 1.165) is 31.5 Å². The van der Waals surface area contributed by atoms with E-state index in [-0.39, 0.29) is 6.04 Å². The molecule has 2 atom stereocenters. The van der Waals surface area contributed by atoms with E-state index in [0.29, 0.717) is 0 Å². The topological polar surface area (TPSA) is 50.1 Å². The summed E-state index contributed by atoms with van der Waals surface area (Å²) >= 11 is 0. The number of benzene rings is 1. The van der Waals surface area contributed by atoms with Crippen LogP contribution in [-0.2, 0) is 6.54 Å². The number of nitrogens with zero attached hydrogens (tertiary/aromatic N) is 2. The molecule has 0 amide bonds. The molecule has 0 fully saturated rings. The van der Waals surface area contributed by atoms with E-state index in [4.69, 9.17) is 0 Å². The van der Waals surface area contributed by atoms with Crippen LogP contribution in [0, 0.1) is 6.92 Å². The Balaban J connectivity index is 1.80. The van der Waals surface area contributed by atoms with Gasteiger partial charge in [-0.3, -0.25) is 0 Å². The minimum Gasteiger partial charge on any atom is -0.387 e. The van der Waals surface area contributed by atoms with Crippen molar-refractivity contribution < 1.29 is 5.11 Å². The van der Waals surface area contributed by atoms with Gasteiger partial charge in [-0.1, -0.05) is 36.8 Å². The smallest absolute Gasteiger partial charge is 0.0945 e. The maximum Gasteiger partial charge on any atom is 0.0945 e. The van der Waals surface area contributed by atoms with E-state index in [2.05, 4.69) is 28.7 Å². The third-order valence-corrected chi connectivity index (χ3v) is 3.80. The van der Waals surface area contributed by atoms with E-state index in [9.17, 15) is 5.11 Å². The zero-order valence-corrected chi connectivity index (χ0v) is 12.9. The fraction of sp³-hybridized carbons (Fsp3) is 0.471. The van der Waals surface area contributed by atoms with Gasteiger partial charge in [0, 0.05) is 25.0 Å². The number of rotatable bonds is 8. The summed E-state index contributed by atoms with van der Waals surface area (Å²) < 4.78 is 2.07. The van der Waals surface area contributed by atoms with Crippen LogP contribution in [0.4, 0.5) is 0 Å². The van der Waals surface area contributed by atoms with Crippen molar-refractivity contribution in [3.63, 3.8) is 0 Å². The van der Waals surface area contributed by atoms with Gasteiger partial charge in [-0.15, -0.1) is 0 Å². The average Bonchev–Trinajstić information content (AvgIpc) is 3.01. The second kappa shape index (κ2) is 7.96. The SMILES string of the molecule is CCC(NCCCn1ccnc1)C(O)c1ccc(C)cc1. The number of hydrogen-bond donors (Lipinski definition) is 2. The average molecular weight is 287 g/mol. The predicted octanol–water partition coefficient (Wildman–Crippen LogP) is 2.68. The van der Waals surface area contributed by atoms with Crippen LogP contribution in [0.2, 0.25) is 0 Å². The second-order valence-corrected chi connectivity index (χ2v) is 5.48. The lowest BCUT2D eigenvalue weighted by atomic mass is 9.99. The summed E-state index contributed by atoms with van der Waals surface area (Å²) in [7, 11) is 0. The van der Waals surface area contributed by atoms with Crippen LogP contribution < -0.4 is 5.32 Å². The monoisotopic (exact) mass is 287 g/mol. The lowest BCUT2D eigenvalue weighted by Gasteiger charge is -2.23. The van der Waals surface area contributed by atoms with Crippen molar-refractivity contribution >= 4 is 0 Å². The molecule has 1 aromatic carbocycles. The Morgan fingerprint density at radius 1 is 1.29 bits per heavy atom. The molecule has 4 nitrogen and oxygen atoms in total. The molecule has 2 N–H and O–H groups in total. The van der Waals surface area contributed by atoms with Crippen LogP contribution in [0.25, 0.3) is 0 Å². The lowest BCUT2D eigenvalue weighted by Crippen LogP contribution is -2.35. The molecule has 0 bridgehead atoms. The standard InChI is InChI=1S/C17H25N3O/c1-3-16(17(21)15-7-5-14(2)6-8-15)19-9-4-11-20-12-10-18-13-20/h5-8,10,12-13,16-17,19,21H,3-4,9,11H2,1-2H3. The first-order chi connectivity index (χ1) is 10.2. The zero-order chi connectivity index (χ0) is 15.1. The Kier molecular flexibility index (Phi) is 5.96. The molecule has 0 saturated heterocycles. The fourth-order valence-corrected chi connectivity index (χ4v) is 2.44. The van der Waals surface area contributed by atoms with Gasteiger partial charge in [0.15, 0.2) is 0 Å². The van der Waals surface area contributed by atoms with Crippen LogP contribution >= 0.6 is 0 Å². The summed E-state index contributed by atoms with van der Waals surface area (Å²) in [5, 5.41) is 13.9. The molecular weight excluding hydrogens is 262 g/mol. The van der Waals surface area contributed by atoms with E-state index in [1.54, 1.807) is 6.20 Å². The van der Waals surface area contributed by atoms with E-state index in [1.165, 1.54) is 5.56 Å². The molecule has 0 aliphatic carbocycles. The Bertz CT molecular complexity index is 507. The molecule has 2 rings (SSSR count). The summed E-state index contributed by atoms with van der Waals surface area (Å²) in [6, 6.07) is 8.20. The quantitative estimate of drug-likeness (QED) is 0.734. The molecule has 2 aromatic rings. The predicted molar refractivity (Wildman–Crippen MR) is 85.1 cm³/mol. The number of aliphatic hydroxyl groups excluding tert-OH is 1. The molecule has 1 aromatic heterocycles. The van der Waals surface area contributed by atoms with Gasteiger partial charge in [0.1, 0.15) is 0 Å². The zero-order valence-electron chi connectivity index (χ0n) is 12.9. The summed E-state index contributed by atoms with van der Waals surface area (Å²) in [5.41, 5.74) is 2.20. The largest absolute Gasteiger partial charge is 0.387 e. The van der Waals surface area contributed by atoms with Crippen LogP contribution in [0.1, 0.15) is 37.0 Å². The Morgan fingerprint density at radius 3 is 2.67 bits per heavy atom. The van der Waals surface area contributed by atoms with Crippen molar-refractivity contribution in [2.24, 2.45) is 0 Å². The first-order valence-electron chi connectivity index (χ1n) is 7.64. The minimum absolute atomic E-state index is 0.0930. The highest BCUT2D eigenvalue weighted by Gasteiger charge is 2.18. The maximum atomic E-state index is 10.5. The molecule has 21 heavy (non-hydrogen) atoms. The molecule has 2 unspecified atom stereocenters. The van der Waals surface area contributed by atoms with Crippen molar-refractivity contribution in [3.05, 3.63) is 54.1 Å². The molecule has 0 aliphatic heterocycles. The van der Waals surface area contributed by atoms with Gasteiger partial charge in [-0.05, 0) is 31.9 Å². The number of nitrogens with one attached hydrogen (secondary N) is 1. The van der Waals surface area contributed by atoms with Crippen molar-refractivity contribution in [3.8, 4) is 0 Å². The highest BCUT2D eigenvalue weighted by molar-refractivity contribution is 5.24. The van der Waals surface area contributed by atoms with Crippen LogP contribution in [0.15, 0.2) is 43.0 Å². The summed E-state index contributed by atoms with van der Waals surface area (Å²) in [6.45, 7) is 6.00. The van der Waals surface area contributed by atoms with Crippen molar-refractivity contribution in [2.75, 3.05) is 6.54 Å². The van der Waals surface area contributed by atoms with E-state index < -0.39 is 6.10 Å². The van der Waals surface area contributed by atoms with E-state index in [1.807, 2.05) is 36.8 Å². The molecule has 1 heterocycles. The molecule has 4 heteroatoms. The second-order valence-electron chi connectivity index (χ2n) is 5.48. The highest BCUT2D eigenvalue weighted by atomic mass is 16.3. The third-order valence-electron chi connectivity index (χ3n) is 3.80. The number of aryl methyl sites for hydroxylation is 2.